The molecule has 0 saturated carbocycles. The lowest BCUT2D eigenvalue weighted by atomic mass is 10.1. The number of carbonyl (C=O) groups is 1. The molecule has 3 nitrogen and oxygen atoms in total. The van der Waals surface area contributed by atoms with E-state index >= 15 is 0 Å². The molecule has 0 aliphatic rings. The van der Waals surface area contributed by atoms with Gasteiger partial charge in [0.05, 0.1) is 0 Å². The molecule has 0 atom stereocenters. The predicted molar refractivity (Wildman–Crippen MR) is 66.6 cm³/mol. The van der Waals surface area contributed by atoms with Crippen molar-refractivity contribution in [2.75, 3.05) is 18.0 Å². The van der Waals surface area contributed by atoms with Crippen LogP contribution in [0.15, 0.2) is 24.3 Å². The van der Waals surface area contributed by atoms with Crippen molar-refractivity contribution in [1.82, 2.24) is 0 Å². The van der Waals surface area contributed by atoms with Crippen molar-refractivity contribution >= 4 is 17.7 Å². The Morgan fingerprint density at radius 2 is 2.06 bits per heavy atom. The summed E-state index contributed by atoms with van der Waals surface area (Å²) in [5.41, 5.74) is 1.03. The summed E-state index contributed by atoms with van der Waals surface area (Å²) >= 11 is 0. The van der Waals surface area contributed by atoms with Gasteiger partial charge in [-0.05, 0) is 32.1 Å². The van der Waals surface area contributed by atoms with Crippen molar-refractivity contribution in [3.8, 4) is 0 Å². The highest BCUT2D eigenvalue weighted by Gasteiger charge is 2.10. The van der Waals surface area contributed by atoms with Gasteiger partial charge in [-0.2, -0.15) is 0 Å². The Kier molecular flexibility index (Phi) is 4.69. The van der Waals surface area contributed by atoms with Crippen LogP contribution in [-0.2, 0) is 4.79 Å². The van der Waals surface area contributed by atoms with E-state index in [1.807, 2.05) is 18.7 Å². The number of halogens is 1. The quantitative estimate of drug-likeness (QED) is 0.800. The maximum atomic E-state index is 13.7. The van der Waals surface area contributed by atoms with Gasteiger partial charge < -0.3 is 10.0 Å². The Balaban J connectivity index is 3.20. The van der Waals surface area contributed by atoms with E-state index in [0.717, 1.165) is 19.2 Å². The summed E-state index contributed by atoms with van der Waals surface area (Å²) in [6.45, 7) is 5.43. The fourth-order valence-electron chi connectivity index (χ4n) is 1.69. The Hall–Kier alpha value is -1.84. The molecule has 0 fully saturated rings. The zero-order valence-electron chi connectivity index (χ0n) is 9.98. The van der Waals surface area contributed by atoms with Gasteiger partial charge in [0, 0.05) is 30.4 Å². The van der Waals surface area contributed by atoms with E-state index < -0.39 is 11.8 Å². The fourth-order valence-corrected chi connectivity index (χ4v) is 1.69. The number of benzene rings is 1. The molecule has 0 bridgehead atoms. The van der Waals surface area contributed by atoms with Crippen molar-refractivity contribution in [2.45, 2.75) is 13.8 Å². The average Bonchev–Trinajstić information content (AvgIpc) is 2.29. The highest BCUT2D eigenvalue weighted by atomic mass is 19.1. The first-order valence-corrected chi connectivity index (χ1v) is 5.54. The van der Waals surface area contributed by atoms with Crippen molar-refractivity contribution in [3.05, 3.63) is 35.7 Å². The van der Waals surface area contributed by atoms with Crippen LogP contribution in [0.1, 0.15) is 19.4 Å². The second-order valence-electron chi connectivity index (χ2n) is 3.52. The van der Waals surface area contributed by atoms with E-state index in [4.69, 9.17) is 5.11 Å². The summed E-state index contributed by atoms with van der Waals surface area (Å²) in [6.07, 6.45) is 2.25. The zero-order chi connectivity index (χ0) is 12.8. The smallest absolute Gasteiger partial charge is 0.328 e. The minimum absolute atomic E-state index is 0.318. The molecule has 1 rings (SSSR count). The predicted octanol–water partition coefficient (Wildman–Crippen LogP) is 2.77. The first-order chi connectivity index (χ1) is 8.10. The lowest BCUT2D eigenvalue weighted by molar-refractivity contribution is -0.131. The van der Waals surface area contributed by atoms with Crippen LogP contribution in [0.5, 0.6) is 0 Å². The third-order valence-electron chi connectivity index (χ3n) is 2.53. The minimum Gasteiger partial charge on any atom is -0.478 e. The summed E-state index contributed by atoms with van der Waals surface area (Å²) in [5.74, 6) is -1.49. The van der Waals surface area contributed by atoms with Gasteiger partial charge in [-0.15, -0.1) is 0 Å². The monoisotopic (exact) mass is 237 g/mol. The van der Waals surface area contributed by atoms with Crippen molar-refractivity contribution in [2.24, 2.45) is 0 Å². The van der Waals surface area contributed by atoms with Crippen LogP contribution >= 0.6 is 0 Å². The molecule has 0 saturated heterocycles. The van der Waals surface area contributed by atoms with Gasteiger partial charge in [-0.1, -0.05) is 6.07 Å². The summed E-state index contributed by atoms with van der Waals surface area (Å²) in [6, 6.07) is 4.74. The zero-order valence-corrected chi connectivity index (χ0v) is 9.98. The molecule has 0 aliphatic heterocycles. The summed E-state index contributed by atoms with van der Waals surface area (Å²) in [4.78, 5) is 12.5. The largest absolute Gasteiger partial charge is 0.478 e. The molecule has 17 heavy (non-hydrogen) atoms. The number of hydrogen-bond donors (Lipinski definition) is 1. The Labute approximate surface area is 100 Å². The van der Waals surface area contributed by atoms with E-state index in [1.54, 1.807) is 12.1 Å². The van der Waals surface area contributed by atoms with Gasteiger partial charge >= 0.3 is 5.97 Å². The molecule has 1 N–H and O–H groups in total. The molecule has 92 valence electrons. The third-order valence-corrected chi connectivity index (χ3v) is 2.53. The Morgan fingerprint density at radius 1 is 1.41 bits per heavy atom. The maximum Gasteiger partial charge on any atom is 0.328 e. The van der Waals surface area contributed by atoms with Crippen LogP contribution in [0.2, 0.25) is 0 Å². The van der Waals surface area contributed by atoms with Crippen LogP contribution in [0.4, 0.5) is 10.1 Å². The molecule has 0 unspecified atom stereocenters. The number of hydrogen-bond acceptors (Lipinski definition) is 2. The van der Waals surface area contributed by atoms with E-state index in [0.29, 0.717) is 11.3 Å². The van der Waals surface area contributed by atoms with Gasteiger partial charge in [0.2, 0.25) is 0 Å². The van der Waals surface area contributed by atoms with E-state index in [1.165, 1.54) is 12.1 Å². The molecule has 1 aromatic rings. The number of carboxylic acid groups (broad SMARTS) is 1. The normalized spacial score (nSPS) is 10.8. The lowest BCUT2D eigenvalue weighted by Gasteiger charge is -2.23. The number of nitrogens with zero attached hydrogens (tertiary/aromatic N) is 1. The molecule has 1 aromatic carbocycles. The van der Waals surface area contributed by atoms with Crippen LogP contribution < -0.4 is 4.90 Å². The SMILES string of the molecule is CCN(CC)c1cccc(F)c1/C=C/C(=O)O. The van der Waals surface area contributed by atoms with E-state index in [-0.39, 0.29) is 0 Å². The highest BCUT2D eigenvalue weighted by Crippen LogP contribution is 2.24. The molecule has 0 amide bonds. The Bertz CT molecular complexity index is 425. The lowest BCUT2D eigenvalue weighted by Crippen LogP contribution is -2.23. The van der Waals surface area contributed by atoms with Crippen LogP contribution in [0.3, 0.4) is 0 Å². The average molecular weight is 237 g/mol. The maximum absolute atomic E-state index is 13.7. The summed E-state index contributed by atoms with van der Waals surface area (Å²) in [7, 11) is 0. The minimum atomic E-state index is -1.08. The number of rotatable bonds is 5. The van der Waals surface area contributed by atoms with Gasteiger partial charge in [0.25, 0.3) is 0 Å². The van der Waals surface area contributed by atoms with Crippen molar-refractivity contribution in [3.63, 3.8) is 0 Å². The molecule has 0 spiro atoms. The highest BCUT2D eigenvalue weighted by molar-refractivity contribution is 5.87. The summed E-state index contributed by atoms with van der Waals surface area (Å²) in [5, 5.41) is 8.59. The van der Waals surface area contributed by atoms with Crippen LogP contribution in [0, 0.1) is 5.82 Å². The molecular weight excluding hydrogens is 221 g/mol. The topological polar surface area (TPSA) is 40.5 Å². The van der Waals surface area contributed by atoms with Gasteiger partial charge in [0.15, 0.2) is 0 Å². The second kappa shape index (κ2) is 6.03. The first kappa shape index (κ1) is 13.2. The Morgan fingerprint density at radius 3 is 2.59 bits per heavy atom. The third kappa shape index (κ3) is 3.31. The second-order valence-corrected chi connectivity index (χ2v) is 3.52. The number of aliphatic carboxylic acids is 1. The first-order valence-electron chi connectivity index (χ1n) is 5.54. The summed E-state index contributed by atoms with van der Waals surface area (Å²) < 4.78 is 13.7. The van der Waals surface area contributed by atoms with Crippen molar-refractivity contribution in [1.29, 1.82) is 0 Å². The van der Waals surface area contributed by atoms with Crippen molar-refractivity contribution < 1.29 is 14.3 Å². The molecule has 0 heterocycles. The standard InChI is InChI=1S/C13H16FNO2/c1-3-15(4-2)12-7-5-6-11(14)10(12)8-9-13(16)17/h5-9H,3-4H2,1-2H3,(H,16,17)/b9-8+. The fraction of sp³-hybridized carbons (Fsp3) is 0.308. The van der Waals surface area contributed by atoms with Crippen LogP contribution in [0.25, 0.3) is 6.08 Å². The molecule has 4 heteroatoms. The van der Waals surface area contributed by atoms with E-state index in [9.17, 15) is 9.18 Å². The van der Waals surface area contributed by atoms with E-state index in [2.05, 4.69) is 0 Å². The van der Waals surface area contributed by atoms with Gasteiger partial charge in [-0.25, -0.2) is 9.18 Å². The molecule has 0 aliphatic carbocycles. The molecular formula is C13H16FNO2. The van der Waals surface area contributed by atoms with Gasteiger partial charge in [-0.3, -0.25) is 0 Å². The number of anilines is 1. The van der Waals surface area contributed by atoms with Crippen LogP contribution in [-0.4, -0.2) is 24.2 Å². The molecule has 0 aromatic heterocycles. The molecule has 0 radical (unpaired) electrons. The number of carboxylic acids is 1. The van der Waals surface area contributed by atoms with Gasteiger partial charge in [0.1, 0.15) is 5.82 Å².